The van der Waals surface area contributed by atoms with Gasteiger partial charge in [0.05, 0.1) is 4.92 Å². The molecule has 0 saturated carbocycles. The second-order valence-corrected chi connectivity index (χ2v) is 5.60. The molecular formula is C13H16ClN3O3. The Balaban J connectivity index is 2.38. The van der Waals surface area contributed by atoms with Crippen molar-refractivity contribution in [3.8, 4) is 0 Å². The minimum Gasteiger partial charge on any atom is -0.335 e. The summed E-state index contributed by atoms with van der Waals surface area (Å²) < 4.78 is 0. The van der Waals surface area contributed by atoms with Gasteiger partial charge in [0, 0.05) is 18.8 Å². The summed E-state index contributed by atoms with van der Waals surface area (Å²) in [6.07, 6.45) is 3.28. The van der Waals surface area contributed by atoms with Crippen LogP contribution in [0.5, 0.6) is 0 Å². The molecule has 0 bridgehead atoms. The molecule has 1 saturated heterocycles. The van der Waals surface area contributed by atoms with Crippen molar-refractivity contribution in [1.82, 2.24) is 9.88 Å². The highest BCUT2D eigenvalue weighted by atomic mass is 35.5. The van der Waals surface area contributed by atoms with Gasteiger partial charge in [-0.25, -0.2) is 4.98 Å². The van der Waals surface area contributed by atoms with E-state index in [1.807, 2.05) is 6.92 Å². The van der Waals surface area contributed by atoms with Crippen LogP contribution in [0.2, 0.25) is 5.15 Å². The molecule has 1 aromatic rings. The smallest absolute Gasteiger partial charge is 0.319 e. The second kappa shape index (κ2) is 5.75. The van der Waals surface area contributed by atoms with E-state index in [-0.39, 0.29) is 22.7 Å². The van der Waals surface area contributed by atoms with Crippen LogP contribution in [0.25, 0.3) is 0 Å². The molecule has 0 aliphatic carbocycles. The van der Waals surface area contributed by atoms with E-state index >= 15 is 0 Å². The molecule has 1 aliphatic heterocycles. The third-order valence-corrected chi connectivity index (χ3v) is 3.95. The first kappa shape index (κ1) is 14.7. The maximum absolute atomic E-state index is 12.6. The standard InChI is InChI=1S/C13H16ClN3O3/c1-8-3-4-9(2)16(7-8)13(18)10-5-6-15-12(14)11(10)17(19)20/h5-6,8-9H,3-4,7H2,1-2H3. The SMILES string of the molecule is CC1CCC(C)N(C(=O)c2ccnc(Cl)c2[N+](=O)[O-])C1. The van der Waals surface area contributed by atoms with Crippen molar-refractivity contribution in [1.29, 1.82) is 0 Å². The Bertz CT molecular complexity index is 550. The van der Waals surface area contributed by atoms with E-state index in [0.29, 0.717) is 12.5 Å². The summed E-state index contributed by atoms with van der Waals surface area (Å²) in [4.78, 5) is 28.4. The molecule has 1 amide bonds. The normalized spacial score (nSPS) is 22.6. The molecule has 0 aromatic carbocycles. The summed E-state index contributed by atoms with van der Waals surface area (Å²) in [7, 11) is 0. The van der Waals surface area contributed by atoms with Gasteiger partial charge in [0.2, 0.25) is 5.15 Å². The van der Waals surface area contributed by atoms with Gasteiger partial charge in [-0.1, -0.05) is 18.5 Å². The van der Waals surface area contributed by atoms with Crippen LogP contribution in [0.15, 0.2) is 12.3 Å². The Morgan fingerprint density at radius 1 is 1.50 bits per heavy atom. The Morgan fingerprint density at radius 2 is 2.20 bits per heavy atom. The molecule has 1 aliphatic rings. The molecule has 108 valence electrons. The highest BCUT2D eigenvalue weighted by Gasteiger charge is 2.32. The number of rotatable bonds is 2. The zero-order valence-electron chi connectivity index (χ0n) is 11.4. The fraction of sp³-hybridized carbons (Fsp3) is 0.538. The summed E-state index contributed by atoms with van der Waals surface area (Å²) in [5, 5.41) is 10.8. The first-order valence-corrected chi connectivity index (χ1v) is 6.89. The molecule has 2 unspecified atom stereocenters. The number of carbonyl (C=O) groups excluding carboxylic acids is 1. The minimum atomic E-state index is -0.652. The lowest BCUT2D eigenvalue weighted by Crippen LogP contribution is -2.45. The van der Waals surface area contributed by atoms with Crippen molar-refractivity contribution in [2.24, 2.45) is 5.92 Å². The number of carbonyl (C=O) groups is 1. The number of hydrogen-bond acceptors (Lipinski definition) is 4. The second-order valence-electron chi connectivity index (χ2n) is 5.24. The summed E-state index contributed by atoms with van der Waals surface area (Å²) in [5.74, 6) is 0.0477. The zero-order chi connectivity index (χ0) is 14.9. The fourth-order valence-electron chi connectivity index (χ4n) is 2.50. The molecule has 2 heterocycles. The molecule has 0 radical (unpaired) electrons. The van der Waals surface area contributed by atoms with E-state index in [0.717, 1.165) is 12.8 Å². The van der Waals surface area contributed by atoms with Gasteiger partial charge in [-0.15, -0.1) is 0 Å². The van der Waals surface area contributed by atoms with Crippen molar-refractivity contribution in [3.63, 3.8) is 0 Å². The number of pyridine rings is 1. The number of amides is 1. The molecule has 0 N–H and O–H groups in total. The number of halogens is 1. The Hall–Kier alpha value is -1.69. The summed E-state index contributed by atoms with van der Waals surface area (Å²) in [6, 6.07) is 1.43. The van der Waals surface area contributed by atoms with Crippen LogP contribution in [0.1, 0.15) is 37.0 Å². The summed E-state index contributed by atoms with van der Waals surface area (Å²) in [6.45, 7) is 4.63. The van der Waals surface area contributed by atoms with Crippen LogP contribution in [0.3, 0.4) is 0 Å². The number of likely N-dealkylation sites (tertiary alicyclic amines) is 1. The van der Waals surface area contributed by atoms with Gasteiger partial charge in [-0.2, -0.15) is 0 Å². The first-order valence-electron chi connectivity index (χ1n) is 6.51. The largest absolute Gasteiger partial charge is 0.335 e. The molecule has 6 nitrogen and oxygen atoms in total. The number of hydrogen-bond donors (Lipinski definition) is 0. The van der Waals surface area contributed by atoms with Crippen molar-refractivity contribution in [3.05, 3.63) is 33.1 Å². The highest BCUT2D eigenvalue weighted by Crippen LogP contribution is 2.30. The zero-order valence-corrected chi connectivity index (χ0v) is 12.1. The van der Waals surface area contributed by atoms with E-state index in [9.17, 15) is 14.9 Å². The third-order valence-electron chi connectivity index (χ3n) is 3.67. The average Bonchev–Trinajstić information content (AvgIpc) is 2.40. The van der Waals surface area contributed by atoms with E-state index < -0.39 is 10.6 Å². The Kier molecular flexibility index (Phi) is 4.23. The predicted molar refractivity (Wildman–Crippen MR) is 74.8 cm³/mol. The van der Waals surface area contributed by atoms with Gasteiger partial charge in [-0.05, 0) is 31.7 Å². The van der Waals surface area contributed by atoms with Crippen molar-refractivity contribution < 1.29 is 9.72 Å². The van der Waals surface area contributed by atoms with Gasteiger partial charge in [-0.3, -0.25) is 14.9 Å². The lowest BCUT2D eigenvalue weighted by Gasteiger charge is -2.36. The number of piperidine rings is 1. The topological polar surface area (TPSA) is 76.3 Å². The highest BCUT2D eigenvalue weighted by molar-refractivity contribution is 6.32. The quantitative estimate of drug-likeness (QED) is 0.478. The first-order chi connectivity index (χ1) is 9.41. The lowest BCUT2D eigenvalue weighted by molar-refractivity contribution is -0.385. The van der Waals surface area contributed by atoms with Crippen LogP contribution >= 0.6 is 11.6 Å². The number of nitro groups is 1. The molecule has 1 aromatic heterocycles. The molecule has 2 rings (SSSR count). The molecule has 2 atom stereocenters. The lowest BCUT2D eigenvalue weighted by atomic mass is 9.94. The molecule has 7 heteroatoms. The van der Waals surface area contributed by atoms with Crippen LogP contribution in [0.4, 0.5) is 5.69 Å². The maximum Gasteiger partial charge on any atom is 0.319 e. The maximum atomic E-state index is 12.6. The van der Waals surface area contributed by atoms with Gasteiger partial charge in [0.15, 0.2) is 0 Å². The van der Waals surface area contributed by atoms with E-state index in [4.69, 9.17) is 11.6 Å². The van der Waals surface area contributed by atoms with Gasteiger partial charge >= 0.3 is 5.69 Å². The third kappa shape index (κ3) is 2.75. The summed E-state index contributed by atoms with van der Waals surface area (Å²) >= 11 is 5.75. The summed E-state index contributed by atoms with van der Waals surface area (Å²) in [5.41, 5.74) is -0.402. The fourth-order valence-corrected chi connectivity index (χ4v) is 2.73. The van der Waals surface area contributed by atoms with Gasteiger partial charge in [0.1, 0.15) is 5.56 Å². The van der Waals surface area contributed by atoms with Crippen molar-refractivity contribution in [2.75, 3.05) is 6.54 Å². The van der Waals surface area contributed by atoms with Crippen LogP contribution in [-0.2, 0) is 0 Å². The van der Waals surface area contributed by atoms with Crippen LogP contribution < -0.4 is 0 Å². The average molecular weight is 298 g/mol. The van der Waals surface area contributed by atoms with E-state index in [1.54, 1.807) is 4.90 Å². The van der Waals surface area contributed by atoms with Crippen molar-refractivity contribution in [2.45, 2.75) is 32.7 Å². The molecular weight excluding hydrogens is 282 g/mol. The molecule has 1 fully saturated rings. The van der Waals surface area contributed by atoms with E-state index in [1.165, 1.54) is 12.3 Å². The predicted octanol–water partition coefficient (Wildman–Crippen LogP) is 2.90. The number of nitrogens with zero attached hydrogens (tertiary/aromatic N) is 3. The molecule has 20 heavy (non-hydrogen) atoms. The van der Waals surface area contributed by atoms with Crippen LogP contribution in [0, 0.1) is 16.0 Å². The number of aromatic nitrogens is 1. The van der Waals surface area contributed by atoms with Crippen molar-refractivity contribution >= 4 is 23.2 Å². The molecule has 0 spiro atoms. The van der Waals surface area contributed by atoms with E-state index in [2.05, 4.69) is 11.9 Å². The Labute approximate surface area is 121 Å². The van der Waals surface area contributed by atoms with Gasteiger partial charge in [0.25, 0.3) is 5.91 Å². The Morgan fingerprint density at radius 3 is 2.85 bits per heavy atom. The monoisotopic (exact) mass is 297 g/mol. The minimum absolute atomic E-state index is 0.0101. The van der Waals surface area contributed by atoms with Crippen LogP contribution in [-0.4, -0.2) is 33.3 Å². The van der Waals surface area contributed by atoms with Gasteiger partial charge < -0.3 is 4.90 Å².